The van der Waals surface area contributed by atoms with Crippen molar-refractivity contribution >= 4 is 34.5 Å². The lowest BCUT2D eigenvalue weighted by atomic mass is 10.2. The van der Waals surface area contributed by atoms with E-state index < -0.39 is 0 Å². The van der Waals surface area contributed by atoms with Crippen molar-refractivity contribution < 1.29 is 14.3 Å². The number of benzene rings is 2. The van der Waals surface area contributed by atoms with E-state index in [1.807, 2.05) is 36.5 Å². The number of hydrogen-bond acceptors (Lipinski definition) is 6. The summed E-state index contributed by atoms with van der Waals surface area (Å²) in [5, 5.41) is 9.94. The average Bonchev–Trinajstić information content (AvgIpc) is 3.45. The first-order valence-corrected chi connectivity index (χ1v) is 10.4. The van der Waals surface area contributed by atoms with Crippen LogP contribution in [0.3, 0.4) is 0 Å². The Labute approximate surface area is 180 Å². The zero-order chi connectivity index (χ0) is 20.5. The molecule has 0 bridgehead atoms. The normalized spacial score (nSPS) is 12.6. The molecule has 150 valence electrons. The van der Waals surface area contributed by atoms with Crippen LogP contribution < -0.4 is 14.8 Å². The second-order valence-corrected chi connectivity index (χ2v) is 7.74. The first kappa shape index (κ1) is 18.7. The third kappa shape index (κ3) is 3.62. The highest BCUT2D eigenvalue weighted by atomic mass is 35.5. The minimum atomic E-state index is -0.355. The van der Waals surface area contributed by atoms with Crippen LogP contribution in [0.1, 0.15) is 10.5 Å². The minimum Gasteiger partial charge on any atom is -0.486 e. The molecule has 1 amide bonds. The van der Waals surface area contributed by atoms with Crippen LogP contribution in [0.15, 0.2) is 60.2 Å². The predicted octanol–water partition coefficient (Wildman–Crippen LogP) is 4.67. The number of carbonyl (C=O) groups is 1. The Morgan fingerprint density at radius 3 is 2.70 bits per heavy atom. The minimum absolute atomic E-state index is 0.299. The molecule has 0 saturated heterocycles. The summed E-state index contributed by atoms with van der Waals surface area (Å²) in [7, 11) is 0. The summed E-state index contributed by atoms with van der Waals surface area (Å²) >= 11 is 7.65. The van der Waals surface area contributed by atoms with Gasteiger partial charge in [0.25, 0.3) is 5.91 Å². The molecule has 1 N–H and O–H groups in total. The third-order valence-electron chi connectivity index (χ3n) is 4.47. The summed E-state index contributed by atoms with van der Waals surface area (Å²) in [6.45, 7) is 0.922. The van der Waals surface area contributed by atoms with Crippen molar-refractivity contribution in [2.24, 2.45) is 0 Å². The Kier molecular flexibility index (Phi) is 4.86. The van der Waals surface area contributed by atoms with Gasteiger partial charge < -0.3 is 14.8 Å². The van der Waals surface area contributed by atoms with Gasteiger partial charge in [-0.05, 0) is 12.1 Å². The van der Waals surface area contributed by atoms with Crippen molar-refractivity contribution in [1.29, 1.82) is 0 Å². The second kappa shape index (κ2) is 7.81. The van der Waals surface area contributed by atoms with Gasteiger partial charge >= 0.3 is 0 Å². The standard InChI is InChI=1S/C21H15ClN4O3S/c22-15-8-18-19(29-7-6-28-18)9-16(15)24-20(27)17-12-30-21(25-17)13-10-23-26(11-13)14-4-2-1-3-5-14/h1-5,8-12H,6-7H2,(H,24,27). The van der Waals surface area contributed by atoms with Crippen LogP contribution >= 0.6 is 22.9 Å². The summed E-state index contributed by atoms with van der Waals surface area (Å²) in [5.74, 6) is 0.760. The molecule has 0 spiro atoms. The highest BCUT2D eigenvalue weighted by Crippen LogP contribution is 2.38. The Hall–Kier alpha value is -3.36. The Morgan fingerprint density at radius 2 is 1.90 bits per heavy atom. The molecule has 0 atom stereocenters. The molecule has 0 aliphatic carbocycles. The number of nitrogens with one attached hydrogen (secondary N) is 1. The van der Waals surface area contributed by atoms with Gasteiger partial charge in [-0.3, -0.25) is 4.79 Å². The van der Waals surface area contributed by atoms with Crippen molar-refractivity contribution in [3.05, 3.63) is 71.0 Å². The van der Waals surface area contributed by atoms with Crippen molar-refractivity contribution in [1.82, 2.24) is 14.8 Å². The molecule has 0 fully saturated rings. The zero-order valence-corrected chi connectivity index (χ0v) is 17.1. The predicted molar refractivity (Wildman–Crippen MR) is 115 cm³/mol. The first-order chi connectivity index (χ1) is 14.7. The largest absolute Gasteiger partial charge is 0.486 e. The van der Waals surface area contributed by atoms with Gasteiger partial charge in [0.05, 0.1) is 22.6 Å². The van der Waals surface area contributed by atoms with Gasteiger partial charge in [-0.1, -0.05) is 29.8 Å². The van der Waals surface area contributed by atoms with Crippen molar-refractivity contribution in [3.8, 4) is 27.8 Å². The van der Waals surface area contributed by atoms with Gasteiger partial charge in [0.1, 0.15) is 23.9 Å². The SMILES string of the molecule is O=C(Nc1cc2c(cc1Cl)OCCO2)c1csc(-c2cnn(-c3ccccc3)c2)n1. The third-order valence-corrected chi connectivity index (χ3v) is 5.67. The molecule has 3 heterocycles. The van der Waals surface area contributed by atoms with E-state index >= 15 is 0 Å². The van der Waals surface area contributed by atoms with Gasteiger partial charge in [-0.2, -0.15) is 5.10 Å². The van der Waals surface area contributed by atoms with Crippen LogP contribution in [0.5, 0.6) is 11.5 Å². The quantitative estimate of drug-likeness (QED) is 0.500. The number of ether oxygens (including phenoxy) is 2. The fourth-order valence-electron chi connectivity index (χ4n) is 3.01. The molecule has 4 aromatic rings. The molecule has 0 radical (unpaired) electrons. The van der Waals surface area contributed by atoms with Crippen LogP contribution in [-0.4, -0.2) is 33.9 Å². The Morgan fingerprint density at radius 1 is 1.13 bits per heavy atom. The van der Waals surface area contributed by atoms with Crippen LogP contribution in [0.2, 0.25) is 5.02 Å². The Bertz CT molecular complexity index is 1220. The van der Waals surface area contributed by atoms with Gasteiger partial charge in [-0.15, -0.1) is 11.3 Å². The number of anilines is 1. The lowest BCUT2D eigenvalue weighted by Gasteiger charge is -2.19. The number of hydrogen-bond donors (Lipinski definition) is 1. The number of rotatable bonds is 4. The molecule has 9 heteroatoms. The number of fused-ring (bicyclic) bond motifs is 1. The van der Waals surface area contributed by atoms with E-state index in [1.165, 1.54) is 11.3 Å². The van der Waals surface area contributed by atoms with Crippen LogP contribution in [0.25, 0.3) is 16.3 Å². The smallest absolute Gasteiger partial charge is 0.275 e. The van der Waals surface area contributed by atoms with Gasteiger partial charge in [0.2, 0.25) is 0 Å². The lowest BCUT2D eigenvalue weighted by molar-refractivity contribution is 0.102. The number of amides is 1. The van der Waals surface area contributed by atoms with Crippen molar-refractivity contribution in [3.63, 3.8) is 0 Å². The van der Waals surface area contributed by atoms with Crippen LogP contribution in [-0.2, 0) is 0 Å². The van der Waals surface area contributed by atoms with Crippen LogP contribution in [0, 0.1) is 0 Å². The molecule has 0 unspecified atom stereocenters. The molecular formula is C21H15ClN4O3S. The maximum absolute atomic E-state index is 12.7. The maximum Gasteiger partial charge on any atom is 0.275 e. The van der Waals surface area contributed by atoms with E-state index in [-0.39, 0.29) is 5.91 Å². The van der Waals surface area contributed by atoms with E-state index in [1.54, 1.807) is 28.4 Å². The first-order valence-electron chi connectivity index (χ1n) is 9.14. The molecule has 1 aliphatic rings. The number of para-hydroxylation sites is 1. The molecular weight excluding hydrogens is 424 g/mol. The summed E-state index contributed by atoms with van der Waals surface area (Å²) in [4.78, 5) is 17.1. The van der Waals surface area contributed by atoms with E-state index in [2.05, 4.69) is 15.4 Å². The fraction of sp³-hybridized carbons (Fsp3) is 0.0952. The van der Waals surface area contributed by atoms with Gasteiger partial charge in [0, 0.05) is 29.3 Å². The number of nitrogens with zero attached hydrogens (tertiary/aromatic N) is 3. The van der Waals surface area contributed by atoms with E-state index in [0.717, 1.165) is 11.3 Å². The second-order valence-electron chi connectivity index (χ2n) is 6.48. The topological polar surface area (TPSA) is 78.3 Å². The Balaban J connectivity index is 1.35. The molecule has 1 aliphatic heterocycles. The molecule has 7 nitrogen and oxygen atoms in total. The van der Waals surface area contributed by atoms with Crippen LogP contribution in [0.4, 0.5) is 5.69 Å². The summed E-state index contributed by atoms with van der Waals surface area (Å²) in [6, 6.07) is 13.1. The number of carbonyl (C=O) groups excluding carboxylic acids is 1. The number of halogens is 1. The molecule has 2 aromatic heterocycles. The summed E-state index contributed by atoms with van der Waals surface area (Å²) in [6.07, 6.45) is 3.61. The number of aromatic nitrogens is 3. The number of thiazole rings is 1. The molecule has 2 aromatic carbocycles. The molecule has 30 heavy (non-hydrogen) atoms. The summed E-state index contributed by atoms with van der Waals surface area (Å²) < 4.78 is 12.8. The molecule has 5 rings (SSSR count). The van der Waals surface area contributed by atoms with Crippen molar-refractivity contribution in [2.45, 2.75) is 0 Å². The van der Waals surface area contributed by atoms with Crippen molar-refractivity contribution in [2.75, 3.05) is 18.5 Å². The van der Waals surface area contributed by atoms with E-state index in [9.17, 15) is 4.79 Å². The maximum atomic E-state index is 12.7. The monoisotopic (exact) mass is 438 g/mol. The zero-order valence-electron chi connectivity index (χ0n) is 15.5. The van der Waals surface area contributed by atoms with E-state index in [4.69, 9.17) is 21.1 Å². The fourth-order valence-corrected chi connectivity index (χ4v) is 3.99. The summed E-state index contributed by atoms with van der Waals surface area (Å²) in [5.41, 5.74) is 2.53. The average molecular weight is 439 g/mol. The van der Waals surface area contributed by atoms with Gasteiger partial charge in [-0.25, -0.2) is 9.67 Å². The van der Waals surface area contributed by atoms with Gasteiger partial charge in [0.15, 0.2) is 11.5 Å². The van der Waals surface area contributed by atoms with E-state index in [0.29, 0.717) is 46.1 Å². The highest BCUT2D eigenvalue weighted by molar-refractivity contribution is 7.13. The molecule has 0 saturated carbocycles. The lowest BCUT2D eigenvalue weighted by Crippen LogP contribution is -2.17. The highest BCUT2D eigenvalue weighted by Gasteiger charge is 2.19.